The van der Waals surface area contributed by atoms with Crippen molar-refractivity contribution in [2.45, 2.75) is 45.7 Å². The Balaban J connectivity index is 0.00000338. The Morgan fingerprint density at radius 1 is 1.15 bits per heavy atom. The maximum absolute atomic E-state index is 12.9. The number of hydrogen-bond acceptors (Lipinski definition) is 3. The minimum atomic E-state index is -0.532. The summed E-state index contributed by atoms with van der Waals surface area (Å²) in [5, 5.41) is 3.46. The van der Waals surface area contributed by atoms with Crippen LogP contribution in [0.3, 0.4) is 0 Å². The standard InChI is InChI=1S/C19H28ClN3O2.ClH/c1-12(2)17(22-18(24)15-4-6-16(20)7-5-15)19(25)23-10-8-14(9-11-23)13(3)21;/h4-7,12-14,17H,8-11,21H2,1-3H3,(H,22,24);1H. The van der Waals surface area contributed by atoms with Crippen LogP contribution >= 0.6 is 24.0 Å². The molecule has 1 fully saturated rings. The number of hydrogen-bond donors (Lipinski definition) is 2. The molecule has 3 N–H and O–H groups in total. The van der Waals surface area contributed by atoms with Gasteiger partial charge in [0.25, 0.3) is 5.91 Å². The minimum Gasteiger partial charge on any atom is -0.341 e. The molecule has 1 saturated heterocycles. The van der Waals surface area contributed by atoms with Crippen molar-refractivity contribution in [2.24, 2.45) is 17.6 Å². The number of piperidine rings is 1. The molecule has 1 aromatic rings. The predicted octanol–water partition coefficient (Wildman–Crippen LogP) is 3.10. The van der Waals surface area contributed by atoms with E-state index in [-0.39, 0.29) is 36.2 Å². The quantitative estimate of drug-likeness (QED) is 0.795. The van der Waals surface area contributed by atoms with Crippen LogP contribution in [0.4, 0.5) is 0 Å². The van der Waals surface area contributed by atoms with Crippen LogP contribution in [-0.2, 0) is 4.79 Å². The highest BCUT2D eigenvalue weighted by molar-refractivity contribution is 6.30. The number of rotatable bonds is 5. The molecule has 0 bridgehead atoms. The number of likely N-dealkylation sites (tertiary alicyclic amines) is 1. The van der Waals surface area contributed by atoms with Gasteiger partial charge in [-0.15, -0.1) is 12.4 Å². The first-order valence-corrected chi connectivity index (χ1v) is 9.28. The van der Waals surface area contributed by atoms with E-state index in [2.05, 4.69) is 5.32 Å². The first-order chi connectivity index (χ1) is 11.8. The second-order valence-corrected chi connectivity index (χ2v) is 7.66. The van der Waals surface area contributed by atoms with Crippen molar-refractivity contribution in [3.8, 4) is 0 Å². The summed E-state index contributed by atoms with van der Waals surface area (Å²) in [6.45, 7) is 7.31. The van der Waals surface area contributed by atoms with Crippen molar-refractivity contribution in [1.82, 2.24) is 10.2 Å². The van der Waals surface area contributed by atoms with E-state index in [4.69, 9.17) is 17.3 Å². The van der Waals surface area contributed by atoms with Crippen LogP contribution in [0.2, 0.25) is 5.02 Å². The molecule has 2 amide bonds. The lowest BCUT2D eigenvalue weighted by molar-refractivity contribution is -0.135. The van der Waals surface area contributed by atoms with Crippen LogP contribution < -0.4 is 11.1 Å². The molecule has 1 aromatic carbocycles. The summed E-state index contributed by atoms with van der Waals surface area (Å²) >= 11 is 5.86. The Kier molecular flexibility index (Phi) is 8.87. The van der Waals surface area contributed by atoms with Crippen molar-refractivity contribution in [3.63, 3.8) is 0 Å². The zero-order valence-corrected chi connectivity index (χ0v) is 17.1. The molecular formula is C19H29Cl2N3O2. The number of carbonyl (C=O) groups is 2. The van der Waals surface area contributed by atoms with Gasteiger partial charge in [-0.1, -0.05) is 25.4 Å². The highest BCUT2D eigenvalue weighted by Crippen LogP contribution is 2.21. The first-order valence-electron chi connectivity index (χ1n) is 8.90. The molecule has 1 aliphatic heterocycles. The largest absolute Gasteiger partial charge is 0.341 e. The molecule has 146 valence electrons. The number of halogens is 2. The monoisotopic (exact) mass is 401 g/mol. The van der Waals surface area contributed by atoms with Crippen LogP contribution in [-0.4, -0.2) is 41.9 Å². The van der Waals surface area contributed by atoms with E-state index in [9.17, 15) is 9.59 Å². The molecule has 7 heteroatoms. The summed E-state index contributed by atoms with van der Waals surface area (Å²) < 4.78 is 0. The van der Waals surface area contributed by atoms with Crippen LogP contribution in [0, 0.1) is 11.8 Å². The van der Waals surface area contributed by atoms with E-state index in [0.29, 0.717) is 29.6 Å². The summed E-state index contributed by atoms with van der Waals surface area (Å²) in [6, 6.07) is 6.28. The Bertz CT molecular complexity index is 597. The van der Waals surface area contributed by atoms with Gasteiger partial charge in [0.05, 0.1) is 0 Å². The van der Waals surface area contributed by atoms with Gasteiger partial charge in [-0.3, -0.25) is 9.59 Å². The molecule has 2 rings (SSSR count). The molecule has 0 saturated carbocycles. The fourth-order valence-electron chi connectivity index (χ4n) is 3.18. The lowest BCUT2D eigenvalue weighted by atomic mass is 9.90. The van der Waals surface area contributed by atoms with Gasteiger partial charge in [0.15, 0.2) is 0 Å². The maximum atomic E-state index is 12.9. The van der Waals surface area contributed by atoms with Crippen LogP contribution in [0.1, 0.15) is 44.0 Å². The van der Waals surface area contributed by atoms with Crippen molar-refractivity contribution in [1.29, 1.82) is 0 Å². The van der Waals surface area contributed by atoms with E-state index in [1.807, 2.05) is 25.7 Å². The average Bonchev–Trinajstić information content (AvgIpc) is 2.59. The smallest absolute Gasteiger partial charge is 0.251 e. The number of amides is 2. The summed E-state index contributed by atoms with van der Waals surface area (Å²) in [7, 11) is 0. The third-order valence-electron chi connectivity index (χ3n) is 4.92. The number of nitrogens with zero attached hydrogens (tertiary/aromatic N) is 1. The predicted molar refractivity (Wildman–Crippen MR) is 108 cm³/mol. The summed E-state index contributed by atoms with van der Waals surface area (Å²) in [5.41, 5.74) is 6.47. The topological polar surface area (TPSA) is 75.4 Å². The van der Waals surface area contributed by atoms with Crippen LogP contribution in [0.15, 0.2) is 24.3 Å². The molecule has 1 aliphatic rings. The van der Waals surface area contributed by atoms with Gasteiger partial charge >= 0.3 is 0 Å². The Morgan fingerprint density at radius 3 is 2.15 bits per heavy atom. The Morgan fingerprint density at radius 2 is 1.69 bits per heavy atom. The van der Waals surface area contributed by atoms with Gasteiger partial charge in [0.1, 0.15) is 6.04 Å². The molecule has 5 nitrogen and oxygen atoms in total. The van der Waals surface area contributed by atoms with E-state index < -0.39 is 6.04 Å². The molecular weight excluding hydrogens is 373 g/mol. The number of nitrogens with two attached hydrogens (primary N) is 1. The fourth-order valence-corrected chi connectivity index (χ4v) is 3.31. The van der Waals surface area contributed by atoms with Gasteiger partial charge in [-0.05, 0) is 55.9 Å². The van der Waals surface area contributed by atoms with Gasteiger partial charge < -0.3 is 16.0 Å². The number of carbonyl (C=O) groups excluding carboxylic acids is 2. The molecule has 0 aliphatic carbocycles. The second-order valence-electron chi connectivity index (χ2n) is 7.22. The van der Waals surface area contributed by atoms with Gasteiger partial charge in [-0.25, -0.2) is 0 Å². The zero-order valence-electron chi connectivity index (χ0n) is 15.6. The van der Waals surface area contributed by atoms with Gasteiger partial charge in [-0.2, -0.15) is 0 Å². The summed E-state index contributed by atoms with van der Waals surface area (Å²) in [4.78, 5) is 27.2. The lowest BCUT2D eigenvalue weighted by Gasteiger charge is -2.36. The zero-order chi connectivity index (χ0) is 18.6. The van der Waals surface area contributed by atoms with E-state index >= 15 is 0 Å². The average molecular weight is 402 g/mol. The molecule has 2 atom stereocenters. The van der Waals surface area contributed by atoms with Gasteiger partial charge in [0, 0.05) is 29.7 Å². The highest BCUT2D eigenvalue weighted by atomic mass is 35.5. The molecule has 0 aromatic heterocycles. The van der Waals surface area contributed by atoms with Crippen LogP contribution in [0.25, 0.3) is 0 Å². The maximum Gasteiger partial charge on any atom is 0.251 e. The number of nitrogens with one attached hydrogen (secondary N) is 1. The third kappa shape index (κ3) is 5.86. The Labute approximate surface area is 167 Å². The number of benzene rings is 1. The van der Waals surface area contributed by atoms with E-state index in [0.717, 1.165) is 12.8 Å². The van der Waals surface area contributed by atoms with Crippen molar-refractivity contribution in [2.75, 3.05) is 13.1 Å². The van der Waals surface area contributed by atoms with E-state index in [1.165, 1.54) is 0 Å². The van der Waals surface area contributed by atoms with Crippen LogP contribution in [0.5, 0.6) is 0 Å². The first kappa shape index (κ1) is 22.7. The van der Waals surface area contributed by atoms with Crippen molar-refractivity contribution < 1.29 is 9.59 Å². The molecule has 0 spiro atoms. The molecule has 0 radical (unpaired) electrons. The Hall–Kier alpha value is -1.30. The SMILES string of the molecule is CC(C)C(NC(=O)c1ccc(Cl)cc1)C(=O)N1CCC(C(C)N)CC1.Cl. The molecule has 26 heavy (non-hydrogen) atoms. The fraction of sp³-hybridized carbons (Fsp3) is 0.579. The van der Waals surface area contributed by atoms with Crippen molar-refractivity contribution in [3.05, 3.63) is 34.9 Å². The minimum absolute atomic E-state index is 0. The van der Waals surface area contributed by atoms with Crippen molar-refractivity contribution >= 4 is 35.8 Å². The second kappa shape index (κ2) is 10.1. The molecule has 1 heterocycles. The lowest BCUT2D eigenvalue weighted by Crippen LogP contribution is -2.53. The summed E-state index contributed by atoms with van der Waals surface area (Å²) in [6.07, 6.45) is 1.83. The van der Waals surface area contributed by atoms with E-state index in [1.54, 1.807) is 24.3 Å². The summed E-state index contributed by atoms with van der Waals surface area (Å²) in [5.74, 6) is 0.203. The van der Waals surface area contributed by atoms with Gasteiger partial charge in [0.2, 0.25) is 5.91 Å². The molecule has 2 unspecified atom stereocenters. The highest BCUT2D eigenvalue weighted by Gasteiger charge is 2.32. The third-order valence-corrected chi connectivity index (χ3v) is 5.17. The normalized spacial score (nSPS) is 17.4.